The van der Waals surface area contributed by atoms with Gasteiger partial charge in [-0.3, -0.25) is 4.79 Å². The molecule has 90 valence electrons. The van der Waals surface area contributed by atoms with Gasteiger partial charge in [-0.05, 0) is 12.8 Å². The fourth-order valence-corrected chi connectivity index (χ4v) is 1.80. The summed E-state index contributed by atoms with van der Waals surface area (Å²) < 4.78 is 0. The van der Waals surface area contributed by atoms with E-state index in [2.05, 4.69) is 6.92 Å². The van der Waals surface area contributed by atoms with E-state index in [0.717, 1.165) is 12.8 Å². The van der Waals surface area contributed by atoms with Crippen LogP contribution in [0.25, 0.3) is 0 Å². The van der Waals surface area contributed by atoms with Crippen LogP contribution in [0.2, 0.25) is 0 Å². The summed E-state index contributed by atoms with van der Waals surface area (Å²) in [6.07, 6.45) is 3.36. The van der Waals surface area contributed by atoms with Crippen LogP contribution < -0.4 is 0 Å². The van der Waals surface area contributed by atoms with Gasteiger partial charge in [-0.1, -0.05) is 33.6 Å². The first-order chi connectivity index (χ1) is 6.89. The van der Waals surface area contributed by atoms with Crippen molar-refractivity contribution in [2.24, 2.45) is 5.92 Å². The number of carbonyl (C=O) groups excluding carboxylic acids is 1. The minimum Gasteiger partial charge on any atom is -0.389 e. The van der Waals surface area contributed by atoms with Gasteiger partial charge in [0.1, 0.15) is 0 Å². The summed E-state index contributed by atoms with van der Waals surface area (Å²) in [6.45, 7) is 5.85. The smallest absolute Gasteiger partial charge is 0.227 e. The molecule has 0 spiro atoms. The summed E-state index contributed by atoms with van der Waals surface area (Å²) in [5.41, 5.74) is -0.836. The van der Waals surface area contributed by atoms with Crippen molar-refractivity contribution in [3.63, 3.8) is 0 Å². The van der Waals surface area contributed by atoms with Gasteiger partial charge in [0, 0.05) is 14.1 Å². The number of amides is 1. The molecule has 0 aromatic heterocycles. The Labute approximate surface area is 93.5 Å². The molecule has 0 aromatic carbocycles. The van der Waals surface area contributed by atoms with E-state index in [1.165, 1.54) is 0 Å². The van der Waals surface area contributed by atoms with E-state index in [-0.39, 0.29) is 11.8 Å². The number of carbonyl (C=O) groups is 1. The monoisotopic (exact) mass is 215 g/mol. The molecule has 0 fully saturated rings. The fraction of sp³-hybridized carbons (Fsp3) is 0.917. The van der Waals surface area contributed by atoms with Crippen LogP contribution in [0.3, 0.4) is 0 Å². The Kier molecular flexibility index (Phi) is 5.88. The number of rotatable bonds is 6. The van der Waals surface area contributed by atoms with Gasteiger partial charge in [0.25, 0.3) is 0 Å². The zero-order valence-electron chi connectivity index (χ0n) is 10.7. The predicted molar refractivity (Wildman–Crippen MR) is 62.6 cm³/mol. The van der Waals surface area contributed by atoms with Crippen molar-refractivity contribution >= 4 is 5.91 Å². The maximum absolute atomic E-state index is 11.8. The van der Waals surface area contributed by atoms with E-state index < -0.39 is 5.60 Å². The number of aliphatic hydroxyl groups is 1. The van der Waals surface area contributed by atoms with Crippen molar-refractivity contribution in [3.05, 3.63) is 0 Å². The standard InChI is InChI=1S/C12H25NO2/c1-6-8-9-12(15,7-2)10(3)11(14)13(4)5/h10,15H,6-9H2,1-5H3/t10-,12+/m0/s1. The highest BCUT2D eigenvalue weighted by molar-refractivity contribution is 5.79. The molecular formula is C12H25NO2. The Morgan fingerprint density at radius 3 is 2.27 bits per heavy atom. The summed E-state index contributed by atoms with van der Waals surface area (Å²) in [7, 11) is 3.46. The third-order valence-corrected chi connectivity index (χ3v) is 3.19. The molecule has 0 aliphatic heterocycles. The SMILES string of the molecule is CCCC[C@](O)(CC)[C@@H](C)C(=O)N(C)C. The summed E-state index contributed by atoms with van der Waals surface area (Å²) >= 11 is 0. The molecule has 0 aliphatic carbocycles. The average Bonchev–Trinajstić information content (AvgIpc) is 2.23. The summed E-state index contributed by atoms with van der Waals surface area (Å²) in [5.74, 6) is -0.306. The highest BCUT2D eigenvalue weighted by Gasteiger charge is 2.36. The molecule has 0 aromatic rings. The Morgan fingerprint density at radius 1 is 1.40 bits per heavy atom. The summed E-state index contributed by atoms with van der Waals surface area (Å²) in [5, 5.41) is 10.4. The molecule has 0 saturated heterocycles. The highest BCUT2D eigenvalue weighted by atomic mass is 16.3. The third-order valence-electron chi connectivity index (χ3n) is 3.19. The molecule has 15 heavy (non-hydrogen) atoms. The lowest BCUT2D eigenvalue weighted by Gasteiger charge is -2.33. The van der Waals surface area contributed by atoms with Crippen LogP contribution in [-0.2, 0) is 4.79 Å². The van der Waals surface area contributed by atoms with Gasteiger partial charge in [0.2, 0.25) is 5.91 Å². The first kappa shape index (κ1) is 14.4. The molecule has 2 atom stereocenters. The van der Waals surface area contributed by atoms with Gasteiger partial charge < -0.3 is 10.0 Å². The van der Waals surface area contributed by atoms with Crippen LogP contribution in [0, 0.1) is 5.92 Å². The molecule has 0 saturated carbocycles. The van der Waals surface area contributed by atoms with Crippen molar-refractivity contribution < 1.29 is 9.90 Å². The second-order valence-electron chi connectivity index (χ2n) is 4.52. The van der Waals surface area contributed by atoms with Crippen molar-refractivity contribution in [2.45, 2.75) is 52.1 Å². The topological polar surface area (TPSA) is 40.5 Å². The van der Waals surface area contributed by atoms with E-state index in [4.69, 9.17) is 0 Å². The zero-order valence-corrected chi connectivity index (χ0v) is 10.7. The maximum atomic E-state index is 11.8. The number of hydrogen-bond donors (Lipinski definition) is 1. The lowest BCUT2D eigenvalue weighted by molar-refractivity contribution is -0.142. The second kappa shape index (κ2) is 6.11. The number of hydrogen-bond acceptors (Lipinski definition) is 2. The largest absolute Gasteiger partial charge is 0.389 e. The Balaban J connectivity index is 4.56. The minimum atomic E-state index is -0.836. The fourth-order valence-electron chi connectivity index (χ4n) is 1.80. The molecule has 1 amide bonds. The van der Waals surface area contributed by atoms with Crippen LogP contribution >= 0.6 is 0 Å². The molecule has 0 heterocycles. The number of nitrogens with zero attached hydrogens (tertiary/aromatic N) is 1. The van der Waals surface area contributed by atoms with Crippen LogP contribution in [-0.4, -0.2) is 35.6 Å². The lowest BCUT2D eigenvalue weighted by atomic mass is 9.81. The quantitative estimate of drug-likeness (QED) is 0.736. The van der Waals surface area contributed by atoms with Crippen molar-refractivity contribution in [1.29, 1.82) is 0 Å². The summed E-state index contributed by atoms with van der Waals surface area (Å²) in [6, 6.07) is 0. The molecule has 3 heteroatoms. The van der Waals surface area contributed by atoms with E-state index in [0.29, 0.717) is 12.8 Å². The van der Waals surface area contributed by atoms with Gasteiger partial charge >= 0.3 is 0 Å². The lowest BCUT2D eigenvalue weighted by Crippen LogP contribution is -2.44. The van der Waals surface area contributed by atoms with Gasteiger partial charge in [-0.25, -0.2) is 0 Å². The van der Waals surface area contributed by atoms with Gasteiger partial charge in [-0.2, -0.15) is 0 Å². The molecular weight excluding hydrogens is 190 g/mol. The maximum Gasteiger partial charge on any atom is 0.227 e. The molecule has 0 unspecified atom stereocenters. The first-order valence-corrected chi connectivity index (χ1v) is 5.82. The van der Waals surface area contributed by atoms with Gasteiger partial charge in [0.05, 0.1) is 11.5 Å². The van der Waals surface area contributed by atoms with Gasteiger partial charge in [-0.15, -0.1) is 0 Å². The average molecular weight is 215 g/mol. The van der Waals surface area contributed by atoms with Crippen molar-refractivity contribution in [1.82, 2.24) is 4.90 Å². The Hall–Kier alpha value is -0.570. The van der Waals surface area contributed by atoms with E-state index >= 15 is 0 Å². The van der Waals surface area contributed by atoms with Crippen LogP contribution in [0.5, 0.6) is 0 Å². The highest BCUT2D eigenvalue weighted by Crippen LogP contribution is 2.28. The Bertz CT molecular complexity index is 204. The van der Waals surface area contributed by atoms with Crippen LogP contribution in [0.15, 0.2) is 0 Å². The normalized spacial score (nSPS) is 16.9. The minimum absolute atomic E-state index is 0.00968. The van der Waals surface area contributed by atoms with E-state index in [1.54, 1.807) is 19.0 Å². The summed E-state index contributed by atoms with van der Waals surface area (Å²) in [4.78, 5) is 13.3. The third kappa shape index (κ3) is 3.82. The molecule has 1 N–H and O–H groups in total. The predicted octanol–water partition coefficient (Wildman–Crippen LogP) is 2.04. The van der Waals surface area contributed by atoms with E-state index in [1.807, 2.05) is 13.8 Å². The van der Waals surface area contributed by atoms with Crippen molar-refractivity contribution in [2.75, 3.05) is 14.1 Å². The zero-order chi connectivity index (χ0) is 12.1. The van der Waals surface area contributed by atoms with Crippen molar-refractivity contribution in [3.8, 4) is 0 Å². The van der Waals surface area contributed by atoms with Gasteiger partial charge in [0.15, 0.2) is 0 Å². The van der Waals surface area contributed by atoms with E-state index in [9.17, 15) is 9.90 Å². The molecule has 0 bridgehead atoms. The second-order valence-corrected chi connectivity index (χ2v) is 4.52. The molecule has 0 radical (unpaired) electrons. The van der Waals surface area contributed by atoms with Crippen LogP contribution in [0.4, 0.5) is 0 Å². The van der Waals surface area contributed by atoms with Crippen LogP contribution in [0.1, 0.15) is 46.5 Å². The molecule has 0 aliphatic rings. The molecule has 0 rings (SSSR count). The molecule has 3 nitrogen and oxygen atoms in total. The first-order valence-electron chi connectivity index (χ1n) is 5.82. The Morgan fingerprint density at radius 2 is 1.93 bits per heavy atom. The number of unbranched alkanes of at least 4 members (excludes halogenated alkanes) is 1.